The van der Waals surface area contributed by atoms with Gasteiger partial charge in [-0.3, -0.25) is 0 Å². The second-order valence-corrected chi connectivity index (χ2v) is 17.1. The van der Waals surface area contributed by atoms with E-state index < -0.39 is 0 Å². The van der Waals surface area contributed by atoms with Crippen molar-refractivity contribution < 1.29 is 0 Å². The van der Waals surface area contributed by atoms with Gasteiger partial charge in [-0.1, -0.05) is 146 Å². The molecule has 12 aromatic rings. The molecule has 0 aliphatic heterocycles. The Balaban J connectivity index is 0.936. The molecule has 0 aliphatic rings. The summed E-state index contributed by atoms with van der Waals surface area (Å²) in [6.45, 7) is 0. The number of anilines is 6. The zero-order chi connectivity index (χ0) is 45.9. The predicted molar refractivity (Wildman–Crippen MR) is 287 cm³/mol. The smallest absolute Gasteiger partial charge is 0.159 e. The molecule has 0 saturated carbocycles. The Morgan fingerprint density at radius 1 is 0.261 bits per heavy atom. The number of benzene rings is 10. The molecule has 2 heterocycles. The summed E-state index contributed by atoms with van der Waals surface area (Å²) in [5.74, 6) is 0.724. The predicted octanol–water partition coefficient (Wildman–Crippen LogP) is 17.2. The lowest BCUT2D eigenvalue weighted by Crippen LogP contribution is -2.09. The number of nitrogens with zero attached hydrogens (tertiary/aromatic N) is 5. The molecule has 69 heavy (non-hydrogen) atoms. The van der Waals surface area contributed by atoms with Crippen molar-refractivity contribution in [3.8, 4) is 50.5 Å². The summed E-state index contributed by atoms with van der Waals surface area (Å²) in [5.41, 5.74) is 18.0. The summed E-state index contributed by atoms with van der Waals surface area (Å²) in [5, 5.41) is 2.39. The molecule has 2 aromatic heterocycles. The molecule has 0 bridgehead atoms. The quantitative estimate of drug-likeness (QED) is 0.130. The van der Waals surface area contributed by atoms with E-state index in [4.69, 9.17) is 0 Å². The van der Waals surface area contributed by atoms with Gasteiger partial charge in [-0.05, 0) is 149 Å². The van der Waals surface area contributed by atoms with Crippen LogP contribution in [-0.2, 0) is 0 Å². The van der Waals surface area contributed by atoms with E-state index in [9.17, 15) is 0 Å². The van der Waals surface area contributed by atoms with Crippen molar-refractivity contribution in [1.82, 2.24) is 14.5 Å². The van der Waals surface area contributed by atoms with Gasteiger partial charge in [0.1, 0.15) is 0 Å². The summed E-state index contributed by atoms with van der Waals surface area (Å²) < 4.78 is 2.40. The molecule has 0 saturated heterocycles. The average Bonchev–Trinajstić information content (AvgIpc) is 3.76. The molecule has 5 nitrogen and oxygen atoms in total. The van der Waals surface area contributed by atoms with E-state index in [1.54, 1.807) is 12.4 Å². The van der Waals surface area contributed by atoms with Crippen LogP contribution in [0.25, 0.3) is 72.3 Å². The van der Waals surface area contributed by atoms with Gasteiger partial charge in [0.25, 0.3) is 0 Å². The molecule has 12 rings (SSSR count). The van der Waals surface area contributed by atoms with Crippen molar-refractivity contribution in [2.45, 2.75) is 0 Å². The molecule has 326 valence electrons. The van der Waals surface area contributed by atoms with Crippen molar-refractivity contribution in [2.24, 2.45) is 0 Å². The highest BCUT2D eigenvalue weighted by Crippen LogP contribution is 2.41. The van der Waals surface area contributed by atoms with E-state index >= 15 is 0 Å². The first kappa shape index (κ1) is 41.1. The van der Waals surface area contributed by atoms with Gasteiger partial charge >= 0.3 is 0 Å². The second kappa shape index (κ2) is 18.2. The molecular formula is C64H45N5. The number of aromatic nitrogens is 3. The van der Waals surface area contributed by atoms with Gasteiger partial charge in [-0.15, -0.1) is 0 Å². The van der Waals surface area contributed by atoms with Crippen LogP contribution in [0.15, 0.2) is 273 Å². The lowest BCUT2D eigenvalue weighted by atomic mass is 9.99. The lowest BCUT2D eigenvalue weighted by molar-refractivity contribution is 1.18. The van der Waals surface area contributed by atoms with Crippen molar-refractivity contribution in [3.63, 3.8) is 0 Å². The normalized spacial score (nSPS) is 11.2. The third-order valence-electron chi connectivity index (χ3n) is 12.9. The van der Waals surface area contributed by atoms with Gasteiger partial charge in [0.2, 0.25) is 0 Å². The number of fused-ring (bicyclic) bond motifs is 3. The third kappa shape index (κ3) is 8.09. The Morgan fingerprint density at radius 2 is 0.565 bits per heavy atom. The highest BCUT2D eigenvalue weighted by atomic mass is 15.1. The van der Waals surface area contributed by atoms with E-state index in [2.05, 4.69) is 279 Å². The highest BCUT2D eigenvalue weighted by molar-refractivity contribution is 6.11. The van der Waals surface area contributed by atoms with Crippen molar-refractivity contribution in [1.29, 1.82) is 0 Å². The third-order valence-corrected chi connectivity index (χ3v) is 12.9. The summed E-state index contributed by atoms with van der Waals surface area (Å²) in [6.07, 6.45) is 3.55. The maximum atomic E-state index is 4.43. The SMILES string of the molecule is c1ccc(N(c2ccccc2)c2ccc(-c3ccc4c(c3)c3cc(-c5ccc(N(c6ccccc6)c6ccccc6)cc5)ccc3n4-c3ccc(-c4ccc(-c5ncccn5)cc4)cc3)cc2)cc1. The van der Waals surface area contributed by atoms with Crippen LogP contribution >= 0.6 is 0 Å². The largest absolute Gasteiger partial charge is 0.311 e. The molecule has 0 atom stereocenters. The van der Waals surface area contributed by atoms with E-state index in [-0.39, 0.29) is 0 Å². The monoisotopic (exact) mass is 883 g/mol. The fourth-order valence-electron chi connectivity index (χ4n) is 9.53. The number of hydrogen-bond donors (Lipinski definition) is 0. The zero-order valence-electron chi connectivity index (χ0n) is 37.7. The number of para-hydroxylation sites is 4. The van der Waals surface area contributed by atoms with E-state index in [1.165, 1.54) is 10.8 Å². The fraction of sp³-hybridized carbons (Fsp3) is 0. The maximum absolute atomic E-state index is 4.43. The summed E-state index contributed by atoms with van der Waals surface area (Å²) in [6, 6.07) is 93.1. The lowest BCUT2D eigenvalue weighted by Gasteiger charge is -2.25. The Bertz CT molecular complexity index is 3390. The summed E-state index contributed by atoms with van der Waals surface area (Å²) in [4.78, 5) is 13.5. The molecule has 0 N–H and O–H groups in total. The van der Waals surface area contributed by atoms with Crippen LogP contribution in [0.3, 0.4) is 0 Å². The number of rotatable bonds is 11. The van der Waals surface area contributed by atoms with E-state index in [0.717, 1.165) is 95.6 Å². The minimum atomic E-state index is 0.724. The van der Waals surface area contributed by atoms with Crippen LogP contribution in [0.2, 0.25) is 0 Å². The first-order chi connectivity index (χ1) is 34.2. The van der Waals surface area contributed by atoms with Crippen molar-refractivity contribution in [2.75, 3.05) is 9.80 Å². The fourth-order valence-corrected chi connectivity index (χ4v) is 9.53. The van der Waals surface area contributed by atoms with E-state index in [1.807, 2.05) is 6.07 Å². The van der Waals surface area contributed by atoms with Crippen LogP contribution in [0.4, 0.5) is 34.1 Å². The Kier molecular flexibility index (Phi) is 10.8. The number of hydrogen-bond acceptors (Lipinski definition) is 4. The molecule has 0 spiro atoms. The molecular weight excluding hydrogens is 839 g/mol. The van der Waals surface area contributed by atoms with Gasteiger partial charge in [-0.2, -0.15) is 0 Å². The molecule has 0 amide bonds. The average molecular weight is 884 g/mol. The van der Waals surface area contributed by atoms with Gasteiger partial charge in [0, 0.05) is 68.5 Å². The molecule has 0 fully saturated rings. The Hall–Kier alpha value is -9.32. The first-order valence-electron chi connectivity index (χ1n) is 23.3. The Morgan fingerprint density at radius 3 is 0.957 bits per heavy atom. The second-order valence-electron chi connectivity index (χ2n) is 17.1. The van der Waals surface area contributed by atoms with Crippen molar-refractivity contribution in [3.05, 3.63) is 273 Å². The summed E-state index contributed by atoms with van der Waals surface area (Å²) in [7, 11) is 0. The topological polar surface area (TPSA) is 37.2 Å². The van der Waals surface area contributed by atoms with Crippen LogP contribution in [0.1, 0.15) is 0 Å². The molecule has 5 heteroatoms. The van der Waals surface area contributed by atoms with Gasteiger partial charge in [-0.25, -0.2) is 9.97 Å². The minimum absolute atomic E-state index is 0.724. The van der Waals surface area contributed by atoms with Crippen LogP contribution in [0.5, 0.6) is 0 Å². The van der Waals surface area contributed by atoms with Gasteiger partial charge in [0.15, 0.2) is 5.82 Å². The van der Waals surface area contributed by atoms with Crippen LogP contribution < -0.4 is 9.80 Å². The van der Waals surface area contributed by atoms with Gasteiger partial charge in [0.05, 0.1) is 11.0 Å². The molecule has 0 radical (unpaired) electrons. The molecule has 10 aromatic carbocycles. The minimum Gasteiger partial charge on any atom is -0.311 e. The van der Waals surface area contributed by atoms with Crippen LogP contribution in [-0.4, -0.2) is 14.5 Å². The summed E-state index contributed by atoms with van der Waals surface area (Å²) >= 11 is 0. The maximum Gasteiger partial charge on any atom is 0.159 e. The van der Waals surface area contributed by atoms with Crippen LogP contribution in [0, 0.1) is 0 Å². The first-order valence-corrected chi connectivity index (χ1v) is 23.3. The Labute approximate surface area is 402 Å². The molecule has 0 unspecified atom stereocenters. The van der Waals surface area contributed by atoms with Crippen molar-refractivity contribution >= 4 is 55.9 Å². The zero-order valence-corrected chi connectivity index (χ0v) is 37.7. The highest BCUT2D eigenvalue weighted by Gasteiger charge is 2.18. The molecule has 0 aliphatic carbocycles. The van der Waals surface area contributed by atoms with E-state index in [0.29, 0.717) is 0 Å². The van der Waals surface area contributed by atoms with Gasteiger partial charge < -0.3 is 14.4 Å². The standard InChI is InChI=1S/C64H45N5/c1-5-14-53(15-6-1)67(54-16-7-2-8-17-54)57-34-28-48(29-35-57)51-32-40-62-60(44-51)61-45-52(49-30-36-58(37-31-49)68(55-18-9-3-10-19-55)56-20-11-4-12-21-56)33-41-63(61)69(62)59-38-26-47(27-39-59)46-22-24-50(25-23-46)64-65-42-13-43-66-64/h1-45H.